The molecule has 5 rings (SSSR count). The highest BCUT2D eigenvalue weighted by Gasteiger charge is 2.35. The van der Waals surface area contributed by atoms with Crippen molar-refractivity contribution in [3.63, 3.8) is 0 Å². The van der Waals surface area contributed by atoms with Crippen molar-refractivity contribution in [2.75, 3.05) is 29.6 Å². The molecule has 4 heterocycles. The van der Waals surface area contributed by atoms with Crippen molar-refractivity contribution >= 4 is 40.2 Å². The number of benzene rings is 1. The molecule has 0 spiro atoms. The maximum absolute atomic E-state index is 13.3. The van der Waals surface area contributed by atoms with Gasteiger partial charge >= 0.3 is 0 Å². The zero-order chi connectivity index (χ0) is 28.3. The van der Waals surface area contributed by atoms with Gasteiger partial charge in [-0.05, 0) is 30.0 Å². The predicted octanol–water partition coefficient (Wildman–Crippen LogP) is 3.33. The van der Waals surface area contributed by atoms with Gasteiger partial charge in [0, 0.05) is 37.2 Å². The standard InChI is InChI=1S/C27H30ClF2N9O/c28-10-23(40)34-11-17-2-4-18(5-3-17)20-8-19(13-39-16-37-24-25(31)35-15-36-26(24)39)21(12-33-20)38-7-1-6-27(32,14-38)9-22(29)30/h2-5,8,12,15-16,22H,1,6-7,9-11,13-14,32H2,(H,34,40)(H2,31,35,36). The van der Waals surface area contributed by atoms with Crippen molar-refractivity contribution < 1.29 is 13.6 Å². The monoisotopic (exact) mass is 569 g/mol. The SMILES string of the molecule is Nc1ncnc2c1ncn2Cc1cc(-c2ccc(CNC(=O)CCl)cc2)ncc1N1CCCC(N)(CC(F)F)C1. The van der Waals surface area contributed by atoms with E-state index in [9.17, 15) is 13.6 Å². The number of carbonyl (C=O) groups excluding carboxylic acids is 1. The number of pyridine rings is 1. The van der Waals surface area contributed by atoms with E-state index in [1.807, 2.05) is 39.8 Å². The second kappa shape index (κ2) is 11.7. The highest BCUT2D eigenvalue weighted by molar-refractivity contribution is 6.27. The van der Waals surface area contributed by atoms with Crippen LogP contribution in [0.25, 0.3) is 22.4 Å². The van der Waals surface area contributed by atoms with Gasteiger partial charge in [0.1, 0.15) is 17.7 Å². The van der Waals surface area contributed by atoms with E-state index in [1.165, 1.54) is 6.33 Å². The minimum absolute atomic E-state index is 0.0909. The molecule has 1 saturated heterocycles. The van der Waals surface area contributed by atoms with Crippen LogP contribution in [0.15, 0.2) is 49.2 Å². The zero-order valence-electron chi connectivity index (χ0n) is 21.7. The molecule has 3 aromatic heterocycles. The average molecular weight is 570 g/mol. The highest BCUT2D eigenvalue weighted by atomic mass is 35.5. The quantitative estimate of drug-likeness (QED) is 0.261. The molecule has 1 aromatic carbocycles. The van der Waals surface area contributed by atoms with Crippen LogP contribution in [0, 0.1) is 0 Å². The Morgan fingerprint density at radius 2 is 1.98 bits per heavy atom. The van der Waals surface area contributed by atoms with E-state index in [1.54, 1.807) is 12.5 Å². The van der Waals surface area contributed by atoms with Crippen LogP contribution in [0.5, 0.6) is 0 Å². The van der Waals surface area contributed by atoms with Crippen molar-refractivity contribution in [3.05, 3.63) is 60.3 Å². The molecule has 0 bridgehead atoms. The molecule has 5 N–H and O–H groups in total. The van der Waals surface area contributed by atoms with Crippen molar-refractivity contribution in [2.24, 2.45) is 5.73 Å². The fourth-order valence-corrected chi connectivity index (χ4v) is 5.23. The maximum Gasteiger partial charge on any atom is 0.240 e. The van der Waals surface area contributed by atoms with Crippen molar-refractivity contribution in [1.82, 2.24) is 29.8 Å². The summed E-state index contributed by atoms with van der Waals surface area (Å²) >= 11 is 5.55. The fourth-order valence-electron chi connectivity index (χ4n) is 5.14. The van der Waals surface area contributed by atoms with E-state index in [4.69, 9.17) is 28.1 Å². The Bertz CT molecular complexity index is 1500. The predicted molar refractivity (Wildman–Crippen MR) is 150 cm³/mol. The summed E-state index contributed by atoms with van der Waals surface area (Å²) in [5.41, 5.74) is 16.8. The summed E-state index contributed by atoms with van der Waals surface area (Å²) in [6.07, 6.45) is 3.23. The smallest absolute Gasteiger partial charge is 0.240 e. The fraction of sp³-hybridized carbons (Fsp3) is 0.370. The van der Waals surface area contributed by atoms with Gasteiger partial charge in [0.2, 0.25) is 12.3 Å². The molecule has 1 aliphatic heterocycles. The van der Waals surface area contributed by atoms with E-state index in [-0.39, 0.29) is 24.0 Å². The number of amides is 1. The molecule has 1 fully saturated rings. The molecule has 0 saturated carbocycles. The average Bonchev–Trinajstić information content (AvgIpc) is 3.35. The molecule has 0 radical (unpaired) electrons. The Morgan fingerprint density at radius 1 is 1.18 bits per heavy atom. The number of nitrogens with one attached hydrogen (secondary N) is 1. The Balaban J connectivity index is 1.48. The molecule has 40 heavy (non-hydrogen) atoms. The van der Waals surface area contributed by atoms with Gasteiger partial charge in [0.15, 0.2) is 11.5 Å². The zero-order valence-corrected chi connectivity index (χ0v) is 22.5. The third-order valence-corrected chi connectivity index (χ3v) is 7.35. The molecule has 1 aliphatic rings. The summed E-state index contributed by atoms with van der Waals surface area (Å²) in [6, 6.07) is 9.68. The number of hydrogen-bond donors (Lipinski definition) is 3. The summed E-state index contributed by atoms with van der Waals surface area (Å²) in [4.78, 5) is 31.0. The Hall–Kier alpha value is -3.90. The number of halogens is 3. The van der Waals surface area contributed by atoms with Crippen LogP contribution in [-0.2, 0) is 17.9 Å². The first kappa shape index (κ1) is 27.7. The first-order valence-corrected chi connectivity index (χ1v) is 13.4. The van der Waals surface area contributed by atoms with Gasteiger partial charge in [-0.3, -0.25) is 9.78 Å². The molecular weight excluding hydrogens is 540 g/mol. The number of rotatable bonds is 9. The van der Waals surface area contributed by atoms with E-state index < -0.39 is 12.0 Å². The molecule has 0 aliphatic carbocycles. The van der Waals surface area contributed by atoms with Crippen LogP contribution in [0.2, 0.25) is 0 Å². The molecule has 10 nitrogen and oxygen atoms in total. The van der Waals surface area contributed by atoms with E-state index in [0.29, 0.717) is 50.2 Å². The number of nitrogens with two attached hydrogens (primary N) is 2. The minimum atomic E-state index is -2.47. The normalized spacial score (nSPS) is 17.5. The molecule has 1 atom stereocenters. The largest absolute Gasteiger partial charge is 0.382 e. The van der Waals surface area contributed by atoms with Crippen LogP contribution < -0.4 is 21.7 Å². The number of aromatic nitrogens is 5. The number of alkyl halides is 3. The third kappa shape index (κ3) is 6.13. The summed E-state index contributed by atoms with van der Waals surface area (Å²) < 4.78 is 28.5. The molecule has 210 valence electrons. The lowest BCUT2D eigenvalue weighted by Gasteiger charge is -2.42. The third-order valence-electron chi connectivity index (χ3n) is 7.11. The summed E-state index contributed by atoms with van der Waals surface area (Å²) in [5, 5.41) is 2.75. The number of imidazole rings is 1. The van der Waals surface area contributed by atoms with E-state index >= 15 is 0 Å². The number of nitrogen functional groups attached to an aromatic ring is 1. The Labute approximate surface area is 234 Å². The molecular formula is C27H30ClF2N9O. The highest BCUT2D eigenvalue weighted by Crippen LogP contribution is 2.33. The summed E-state index contributed by atoms with van der Waals surface area (Å²) in [7, 11) is 0. The van der Waals surface area contributed by atoms with Crippen LogP contribution in [-0.4, -0.2) is 61.3 Å². The molecule has 4 aromatic rings. The summed E-state index contributed by atoms with van der Waals surface area (Å²) in [6.45, 7) is 1.74. The van der Waals surface area contributed by atoms with Crippen LogP contribution in [0.1, 0.15) is 30.4 Å². The van der Waals surface area contributed by atoms with Gasteiger partial charge in [-0.2, -0.15) is 0 Å². The molecule has 1 unspecified atom stereocenters. The lowest BCUT2D eigenvalue weighted by molar-refractivity contribution is -0.118. The second-order valence-corrected chi connectivity index (χ2v) is 10.4. The van der Waals surface area contributed by atoms with E-state index in [2.05, 4.69) is 20.3 Å². The number of anilines is 2. The van der Waals surface area contributed by atoms with Crippen LogP contribution in [0.4, 0.5) is 20.3 Å². The second-order valence-electron chi connectivity index (χ2n) is 10.1. The number of nitrogens with zero attached hydrogens (tertiary/aromatic N) is 6. The lowest BCUT2D eigenvalue weighted by atomic mass is 9.86. The van der Waals surface area contributed by atoms with Gasteiger partial charge in [0.05, 0.1) is 30.5 Å². The van der Waals surface area contributed by atoms with Crippen molar-refractivity contribution in [3.8, 4) is 11.3 Å². The van der Waals surface area contributed by atoms with Crippen molar-refractivity contribution in [1.29, 1.82) is 0 Å². The first-order valence-electron chi connectivity index (χ1n) is 12.9. The van der Waals surface area contributed by atoms with Crippen LogP contribution in [0.3, 0.4) is 0 Å². The number of carbonyl (C=O) groups is 1. The maximum atomic E-state index is 13.3. The van der Waals surface area contributed by atoms with Gasteiger partial charge in [-0.15, -0.1) is 11.6 Å². The summed E-state index contributed by atoms with van der Waals surface area (Å²) in [5.74, 6) is -0.0380. The van der Waals surface area contributed by atoms with Gasteiger partial charge in [-0.25, -0.2) is 23.7 Å². The molecule has 13 heteroatoms. The Kier molecular flexibility index (Phi) is 8.08. The topological polar surface area (TPSA) is 141 Å². The van der Waals surface area contributed by atoms with Gasteiger partial charge < -0.3 is 26.3 Å². The number of hydrogen-bond acceptors (Lipinski definition) is 8. The Morgan fingerprint density at radius 3 is 2.73 bits per heavy atom. The molecule has 1 amide bonds. The minimum Gasteiger partial charge on any atom is -0.382 e. The van der Waals surface area contributed by atoms with Crippen LogP contribution >= 0.6 is 11.6 Å². The van der Waals surface area contributed by atoms with E-state index in [0.717, 1.165) is 28.1 Å². The van der Waals surface area contributed by atoms with Gasteiger partial charge in [-0.1, -0.05) is 24.3 Å². The lowest BCUT2D eigenvalue weighted by Crippen LogP contribution is -2.55. The van der Waals surface area contributed by atoms with Crippen molar-refractivity contribution in [2.45, 2.75) is 44.3 Å². The first-order chi connectivity index (χ1) is 19.2. The number of piperidine rings is 1. The number of fused-ring (bicyclic) bond motifs is 1. The van der Waals surface area contributed by atoms with Gasteiger partial charge in [0.25, 0.3) is 0 Å².